The Morgan fingerprint density at radius 1 is 1.41 bits per heavy atom. The highest BCUT2D eigenvalue weighted by Gasteiger charge is 2.11. The second-order valence-corrected chi connectivity index (χ2v) is 5.01. The van der Waals surface area contributed by atoms with Gasteiger partial charge in [-0.25, -0.2) is 0 Å². The van der Waals surface area contributed by atoms with E-state index in [1.165, 1.54) is 0 Å². The average molecular weight is 237 g/mol. The Morgan fingerprint density at radius 2 is 2.06 bits per heavy atom. The molecule has 3 N–H and O–H groups in total. The van der Waals surface area contributed by atoms with Crippen LogP contribution >= 0.6 is 0 Å². The molecule has 0 aliphatic carbocycles. The molecule has 0 radical (unpaired) electrons. The molecule has 4 heteroatoms. The highest BCUT2D eigenvalue weighted by atomic mass is 16.2. The first-order valence-corrected chi connectivity index (χ1v) is 6.10. The Bertz CT molecular complexity index is 368. The third kappa shape index (κ3) is 4.23. The molecule has 1 aromatic rings. The van der Waals surface area contributed by atoms with Crippen LogP contribution in [-0.4, -0.2) is 16.5 Å². The number of nitrogens with two attached hydrogens (primary N) is 1. The molecule has 4 nitrogen and oxygen atoms in total. The molecule has 0 aliphatic rings. The van der Waals surface area contributed by atoms with Gasteiger partial charge in [0.25, 0.3) is 0 Å². The summed E-state index contributed by atoms with van der Waals surface area (Å²) in [6.45, 7) is 8.49. The van der Waals surface area contributed by atoms with E-state index in [2.05, 4.69) is 19.2 Å². The molecule has 0 bridgehead atoms. The first-order valence-electron chi connectivity index (χ1n) is 6.10. The van der Waals surface area contributed by atoms with Gasteiger partial charge in [-0.05, 0) is 31.4 Å². The normalized spacial score (nSPS) is 14.7. The van der Waals surface area contributed by atoms with Gasteiger partial charge in [-0.3, -0.25) is 4.79 Å². The third-order valence-electron chi connectivity index (χ3n) is 3.01. The van der Waals surface area contributed by atoms with Crippen molar-refractivity contribution in [2.45, 2.75) is 46.3 Å². The minimum absolute atomic E-state index is 0.00824. The molecule has 0 fully saturated rings. The molecule has 0 aromatic carbocycles. The highest BCUT2D eigenvalue weighted by molar-refractivity contribution is 5.76. The van der Waals surface area contributed by atoms with Gasteiger partial charge in [0.15, 0.2) is 0 Å². The van der Waals surface area contributed by atoms with E-state index >= 15 is 0 Å². The van der Waals surface area contributed by atoms with Gasteiger partial charge in [0.05, 0.1) is 0 Å². The van der Waals surface area contributed by atoms with Crippen molar-refractivity contribution in [3.8, 4) is 0 Å². The fraction of sp³-hybridized carbons (Fsp3) is 0.615. The molecular weight excluding hydrogens is 214 g/mol. The van der Waals surface area contributed by atoms with Gasteiger partial charge >= 0.3 is 0 Å². The van der Waals surface area contributed by atoms with Crippen molar-refractivity contribution in [1.29, 1.82) is 0 Å². The fourth-order valence-electron chi connectivity index (χ4n) is 1.46. The van der Waals surface area contributed by atoms with Crippen molar-refractivity contribution in [2.75, 3.05) is 0 Å². The number of carbonyl (C=O) groups excluding carboxylic acids is 1. The lowest BCUT2D eigenvalue weighted by molar-refractivity contribution is -0.122. The van der Waals surface area contributed by atoms with Crippen molar-refractivity contribution in [1.82, 2.24) is 9.88 Å². The van der Waals surface area contributed by atoms with E-state index in [4.69, 9.17) is 5.73 Å². The van der Waals surface area contributed by atoms with Crippen LogP contribution in [0.15, 0.2) is 18.5 Å². The first-order chi connectivity index (χ1) is 7.90. The van der Waals surface area contributed by atoms with E-state index in [0.29, 0.717) is 12.5 Å². The number of hydrogen-bond donors (Lipinski definition) is 2. The van der Waals surface area contributed by atoms with Crippen LogP contribution in [0.3, 0.4) is 0 Å². The number of amides is 1. The van der Waals surface area contributed by atoms with Crippen molar-refractivity contribution in [3.63, 3.8) is 0 Å². The number of nitrogens with one attached hydrogen (secondary N) is 1. The molecule has 1 rings (SSSR count). The maximum atomic E-state index is 11.7. The standard InChI is InChI=1S/C13H23N3O/c1-9(2)11(4)15-13(17)8-16-6-5-12(7-16)10(3)14/h5-7,9-11H,8,14H2,1-4H3,(H,15,17). The number of nitrogens with zero attached hydrogens (tertiary/aromatic N) is 1. The molecule has 0 saturated carbocycles. The van der Waals surface area contributed by atoms with Gasteiger partial charge in [0, 0.05) is 24.5 Å². The lowest BCUT2D eigenvalue weighted by Crippen LogP contribution is -2.37. The molecule has 2 atom stereocenters. The molecule has 2 unspecified atom stereocenters. The number of rotatable bonds is 5. The van der Waals surface area contributed by atoms with E-state index in [0.717, 1.165) is 5.56 Å². The summed E-state index contributed by atoms with van der Waals surface area (Å²) in [6.07, 6.45) is 3.81. The molecular formula is C13H23N3O. The van der Waals surface area contributed by atoms with E-state index in [-0.39, 0.29) is 18.0 Å². The van der Waals surface area contributed by atoms with Crippen LogP contribution in [-0.2, 0) is 11.3 Å². The molecule has 0 spiro atoms. The van der Waals surface area contributed by atoms with Gasteiger partial charge in [-0.2, -0.15) is 0 Å². The molecule has 0 aliphatic heterocycles. The van der Waals surface area contributed by atoms with Crippen LogP contribution in [0.2, 0.25) is 0 Å². The Hall–Kier alpha value is -1.29. The summed E-state index contributed by atoms with van der Waals surface area (Å²) in [7, 11) is 0. The van der Waals surface area contributed by atoms with Crippen LogP contribution < -0.4 is 11.1 Å². The highest BCUT2D eigenvalue weighted by Crippen LogP contribution is 2.09. The van der Waals surface area contributed by atoms with E-state index in [1.807, 2.05) is 36.9 Å². The van der Waals surface area contributed by atoms with Crippen LogP contribution in [0.25, 0.3) is 0 Å². The smallest absolute Gasteiger partial charge is 0.240 e. The predicted octanol–water partition coefficient (Wildman–Crippen LogP) is 1.67. The largest absolute Gasteiger partial charge is 0.352 e. The zero-order valence-electron chi connectivity index (χ0n) is 11.1. The lowest BCUT2D eigenvalue weighted by atomic mass is 10.1. The summed E-state index contributed by atoms with van der Waals surface area (Å²) in [6, 6.07) is 2.16. The SMILES string of the molecule is CC(N)c1ccn(CC(=O)NC(C)C(C)C)c1. The van der Waals surface area contributed by atoms with E-state index < -0.39 is 0 Å². The van der Waals surface area contributed by atoms with Gasteiger partial charge in [0.1, 0.15) is 6.54 Å². The van der Waals surface area contributed by atoms with Gasteiger partial charge in [-0.1, -0.05) is 13.8 Å². The first kappa shape index (κ1) is 13.8. The molecule has 1 heterocycles. The van der Waals surface area contributed by atoms with Crippen molar-refractivity contribution < 1.29 is 4.79 Å². The topological polar surface area (TPSA) is 60.0 Å². The summed E-state index contributed by atoms with van der Waals surface area (Å²) in [5.74, 6) is 0.487. The monoisotopic (exact) mass is 237 g/mol. The Morgan fingerprint density at radius 3 is 2.53 bits per heavy atom. The van der Waals surface area contributed by atoms with Crippen LogP contribution in [0.1, 0.15) is 39.3 Å². The fourth-order valence-corrected chi connectivity index (χ4v) is 1.46. The molecule has 17 heavy (non-hydrogen) atoms. The van der Waals surface area contributed by atoms with Gasteiger partial charge in [0.2, 0.25) is 5.91 Å². The quantitative estimate of drug-likeness (QED) is 0.818. The number of hydrogen-bond acceptors (Lipinski definition) is 2. The van der Waals surface area contributed by atoms with Crippen LogP contribution in [0.4, 0.5) is 0 Å². The second kappa shape index (κ2) is 5.87. The zero-order chi connectivity index (χ0) is 13.0. The van der Waals surface area contributed by atoms with E-state index in [9.17, 15) is 4.79 Å². The third-order valence-corrected chi connectivity index (χ3v) is 3.01. The van der Waals surface area contributed by atoms with Crippen molar-refractivity contribution >= 4 is 5.91 Å². The zero-order valence-corrected chi connectivity index (χ0v) is 11.1. The summed E-state index contributed by atoms with van der Waals surface area (Å²) in [4.78, 5) is 11.7. The Balaban J connectivity index is 2.50. The maximum absolute atomic E-state index is 11.7. The summed E-state index contributed by atoms with van der Waals surface area (Å²) >= 11 is 0. The summed E-state index contributed by atoms with van der Waals surface area (Å²) < 4.78 is 1.86. The predicted molar refractivity (Wildman–Crippen MR) is 69.5 cm³/mol. The van der Waals surface area contributed by atoms with Crippen molar-refractivity contribution in [2.24, 2.45) is 11.7 Å². The van der Waals surface area contributed by atoms with Crippen molar-refractivity contribution in [3.05, 3.63) is 24.0 Å². The van der Waals surface area contributed by atoms with Crippen LogP contribution in [0.5, 0.6) is 0 Å². The second-order valence-electron chi connectivity index (χ2n) is 5.01. The van der Waals surface area contributed by atoms with Gasteiger partial charge in [-0.15, -0.1) is 0 Å². The minimum atomic E-state index is 0.00824. The summed E-state index contributed by atoms with van der Waals surface area (Å²) in [5.41, 5.74) is 6.82. The molecule has 1 aromatic heterocycles. The number of carbonyl (C=O) groups is 1. The molecule has 0 saturated heterocycles. The Labute approximate surface area is 103 Å². The lowest BCUT2D eigenvalue weighted by Gasteiger charge is -2.17. The van der Waals surface area contributed by atoms with E-state index in [1.54, 1.807) is 0 Å². The molecule has 96 valence electrons. The van der Waals surface area contributed by atoms with Crippen LogP contribution in [0, 0.1) is 5.92 Å². The maximum Gasteiger partial charge on any atom is 0.240 e. The average Bonchev–Trinajstić information content (AvgIpc) is 2.65. The van der Waals surface area contributed by atoms with Gasteiger partial charge < -0.3 is 15.6 Å². The molecule has 1 amide bonds. The summed E-state index contributed by atoms with van der Waals surface area (Å²) in [5, 5.41) is 2.98. The number of aromatic nitrogens is 1. The minimum Gasteiger partial charge on any atom is -0.352 e. The Kier molecular flexibility index (Phi) is 4.75.